The number of fused-ring (bicyclic) bond motifs is 1. The summed E-state index contributed by atoms with van der Waals surface area (Å²) in [4.78, 5) is 81.9. The summed E-state index contributed by atoms with van der Waals surface area (Å²) in [6.07, 6.45) is 1.77. The van der Waals surface area contributed by atoms with Crippen LogP contribution >= 0.6 is 0 Å². The van der Waals surface area contributed by atoms with Gasteiger partial charge in [0.2, 0.25) is 17.6 Å². The van der Waals surface area contributed by atoms with E-state index in [4.69, 9.17) is 10.5 Å². The molecule has 3 fully saturated rings. The van der Waals surface area contributed by atoms with E-state index in [2.05, 4.69) is 29.8 Å². The molecule has 47 heavy (non-hydrogen) atoms. The summed E-state index contributed by atoms with van der Waals surface area (Å²) in [5.74, 6) is -3.07. The Morgan fingerprint density at radius 1 is 0.915 bits per heavy atom. The number of likely N-dealkylation sites (tertiary alicyclic amines) is 1. The van der Waals surface area contributed by atoms with Crippen molar-refractivity contribution >= 4 is 35.6 Å². The van der Waals surface area contributed by atoms with Crippen molar-refractivity contribution in [3.05, 3.63) is 0 Å². The molecule has 0 radical (unpaired) electrons. The predicted molar refractivity (Wildman–Crippen MR) is 177 cm³/mol. The third kappa shape index (κ3) is 8.76. The Balaban J connectivity index is 1.81. The third-order valence-electron chi connectivity index (χ3n) is 10.1. The van der Waals surface area contributed by atoms with Crippen LogP contribution in [0.1, 0.15) is 95.4 Å². The maximum atomic E-state index is 14.3. The highest BCUT2D eigenvalue weighted by Crippen LogP contribution is 2.65. The average molecular weight is 663 g/mol. The first-order valence-electron chi connectivity index (χ1n) is 16.7. The lowest BCUT2D eigenvalue weighted by Crippen LogP contribution is -2.63. The number of carbonyl (C=O) groups excluding carboxylic acids is 6. The average Bonchev–Trinajstić information content (AvgIpc) is 3.19. The van der Waals surface area contributed by atoms with Crippen molar-refractivity contribution in [2.45, 2.75) is 125 Å². The smallest absolute Gasteiger partial charge is 0.410 e. The van der Waals surface area contributed by atoms with Gasteiger partial charge in [-0.15, -0.1) is 0 Å². The summed E-state index contributed by atoms with van der Waals surface area (Å²) in [7, 11) is 1.60. The lowest BCUT2D eigenvalue weighted by molar-refractivity contribution is -0.145. The Hall–Kier alpha value is -3.38. The van der Waals surface area contributed by atoms with Crippen LogP contribution in [0.15, 0.2) is 0 Å². The number of nitrogens with one attached hydrogen (secondary N) is 3. The molecule has 0 bridgehead atoms. The normalized spacial score (nSPS) is 24.1. The van der Waals surface area contributed by atoms with Crippen molar-refractivity contribution in [3.8, 4) is 0 Å². The second-order valence-electron chi connectivity index (χ2n) is 17.5. The molecule has 1 aliphatic heterocycles. The van der Waals surface area contributed by atoms with Crippen LogP contribution in [0.2, 0.25) is 0 Å². The van der Waals surface area contributed by atoms with Crippen molar-refractivity contribution in [1.82, 2.24) is 25.8 Å². The van der Waals surface area contributed by atoms with E-state index in [1.807, 2.05) is 41.5 Å². The number of rotatable bonds is 10. The van der Waals surface area contributed by atoms with Crippen LogP contribution in [-0.4, -0.2) is 95.3 Å². The van der Waals surface area contributed by atoms with Gasteiger partial charge in [0.25, 0.3) is 5.91 Å². The maximum absolute atomic E-state index is 14.3. The number of amides is 6. The largest absolute Gasteiger partial charge is 0.444 e. The van der Waals surface area contributed by atoms with Crippen molar-refractivity contribution in [2.24, 2.45) is 39.7 Å². The van der Waals surface area contributed by atoms with Gasteiger partial charge in [0.1, 0.15) is 23.7 Å². The maximum Gasteiger partial charge on any atom is 0.410 e. The summed E-state index contributed by atoms with van der Waals surface area (Å²) < 4.78 is 5.48. The van der Waals surface area contributed by atoms with Gasteiger partial charge in [-0.1, -0.05) is 61.8 Å². The Kier molecular flexibility index (Phi) is 10.7. The second kappa shape index (κ2) is 13.3. The summed E-state index contributed by atoms with van der Waals surface area (Å²) in [6, 6.07) is -3.98. The highest BCUT2D eigenvalue weighted by molar-refractivity contribution is 6.38. The van der Waals surface area contributed by atoms with E-state index in [1.54, 1.807) is 27.8 Å². The van der Waals surface area contributed by atoms with Crippen molar-refractivity contribution in [2.75, 3.05) is 20.1 Å². The molecule has 2 saturated carbocycles. The zero-order valence-corrected chi connectivity index (χ0v) is 30.4. The minimum absolute atomic E-state index is 0.0688. The first-order chi connectivity index (χ1) is 21.3. The summed E-state index contributed by atoms with van der Waals surface area (Å²) in [5, 5.41) is 8.64. The van der Waals surface area contributed by atoms with E-state index in [1.165, 1.54) is 9.80 Å². The van der Waals surface area contributed by atoms with Gasteiger partial charge < -0.3 is 36.2 Å². The van der Waals surface area contributed by atoms with Crippen LogP contribution in [-0.2, 0) is 23.9 Å². The number of Topliss-reactive ketones (excluding diaryl/α,β-unsaturated/α-hetero) is 1. The lowest BCUT2D eigenvalue weighted by Gasteiger charge is -2.39. The van der Waals surface area contributed by atoms with Crippen LogP contribution in [0.5, 0.6) is 0 Å². The van der Waals surface area contributed by atoms with E-state index in [-0.39, 0.29) is 29.7 Å². The van der Waals surface area contributed by atoms with Gasteiger partial charge in [-0.3, -0.25) is 19.2 Å². The van der Waals surface area contributed by atoms with Crippen LogP contribution < -0.4 is 21.7 Å². The molecule has 0 aromatic heterocycles. The zero-order valence-electron chi connectivity index (χ0n) is 30.4. The summed E-state index contributed by atoms with van der Waals surface area (Å²) in [5.41, 5.74) is 3.25. The molecule has 5 N–H and O–H groups in total. The molecule has 3 aliphatic rings. The minimum Gasteiger partial charge on any atom is -0.444 e. The monoisotopic (exact) mass is 662 g/mol. The molecular weight excluding hydrogens is 604 g/mol. The van der Waals surface area contributed by atoms with Gasteiger partial charge in [-0.05, 0) is 67.6 Å². The predicted octanol–water partition coefficient (Wildman–Crippen LogP) is 2.80. The minimum atomic E-state index is -1.10. The SMILES string of the molecule is CN(C[C@@H](NC(=O)N[C@H](C(=O)N1C[C@H]2[C@@H]([C@H]1C(=O)NC(C(=O)C(N)=O)C1CCC1)C2(C)C)C(C)(C)C)C(C)(C)C)C(=O)OC(C)(C)C. The number of piperidine rings is 1. The fourth-order valence-electron chi connectivity index (χ4n) is 6.75. The van der Waals surface area contributed by atoms with Crippen LogP contribution in [0.4, 0.5) is 9.59 Å². The number of ether oxygens (including phenoxy) is 1. The number of carbonyl (C=O) groups is 6. The molecule has 13 nitrogen and oxygen atoms in total. The fraction of sp³-hybridized carbons (Fsp3) is 0.824. The van der Waals surface area contributed by atoms with E-state index < -0.39 is 76.2 Å². The highest BCUT2D eigenvalue weighted by atomic mass is 16.6. The molecule has 1 heterocycles. The van der Waals surface area contributed by atoms with E-state index in [0.29, 0.717) is 19.4 Å². The molecule has 2 aliphatic carbocycles. The molecule has 6 atom stereocenters. The van der Waals surface area contributed by atoms with Crippen LogP contribution in [0.3, 0.4) is 0 Å². The lowest BCUT2D eigenvalue weighted by atomic mass is 9.78. The second-order valence-corrected chi connectivity index (χ2v) is 17.5. The topological polar surface area (TPSA) is 180 Å². The Labute approximate surface area is 279 Å². The molecule has 266 valence electrons. The summed E-state index contributed by atoms with van der Waals surface area (Å²) >= 11 is 0. The van der Waals surface area contributed by atoms with E-state index in [9.17, 15) is 28.8 Å². The standard InChI is InChI=1S/C34H58N6O7/c1-31(2,3)20(17-39(12)30(46)47-33(7,8)9)36-29(45)38-25(32(4,5)6)28(44)40-16-19-21(34(19,10)11)23(40)27(43)37-22(18-14-13-15-18)24(41)26(35)42/h18-23,25H,13-17H2,1-12H3,(H2,35,42)(H,37,43)(H2,36,38,45)/t19-,20+,21-,22?,23-,25+/m0/s1. The van der Waals surface area contributed by atoms with Crippen LogP contribution in [0.25, 0.3) is 0 Å². The number of nitrogens with two attached hydrogens (primary N) is 1. The molecule has 1 saturated heterocycles. The Morgan fingerprint density at radius 3 is 1.94 bits per heavy atom. The Bertz CT molecular complexity index is 1260. The van der Waals surface area contributed by atoms with E-state index >= 15 is 0 Å². The molecule has 0 aromatic rings. The molecule has 6 amide bonds. The number of hydrogen-bond donors (Lipinski definition) is 4. The summed E-state index contributed by atoms with van der Waals surface area (Å²) in [6.45, 7) is 21.3. The highest BCUT2D eigenvalue weighted by Gasteiger charge is 2.70. The first kappa shape index (κ1) is 38.1. The van der Waals surface area contributed by atoms with Gasteiger partial charge in [0.05, 0.1) is 6.04 Å². The molecule has 0 spiro atoms. The number of primary amides is 1. The van der Waals surface area contributed by atoms with Crippen molar-refractivity contribution in [3.63, 3.8) is 0 Å². The van der Waals surface area contributed by atoms with Crippen LogP contribution in [0, 0.1) is 34.0 Å². The molecule has 3 rings (SSSR count). The number of urea groups is 1. The first-order valence-corrected chi connectivity index (χ1v) is 16.7. The quantitative estimate of drug-likeness (QED) is 0.260. The molecular formula is C34H58N6O7. The number of ketones is 1. The molecule has 1 unspecified atom stereocenters. The van der Waals surface area contributed by atoms with Gasteiger partial charge in [-0.25, -0.2) is 9.59 Å². The number of hydrogen-bond acceptors (Lipinski definition) is 7. The fourth-order valence-corrected chi connectivity index (χ4v) is 6.75. The van der Waals surface area contributed by atoms with E-state index in [0.717, 1.165) is 6.42 Å². The van der Waals surface area contributed by atoms with Crippen molar-refractivity contribution in [1.29, 1.82) is 0 Å². The number of likely N-dealkylation sites (N-methyl/N-ethyl adjacent to an activating group) is 1. The van der Waals surface area contributed by atoms with Gasteiger partial charge in [-0.2, -0.15) is 0 Å². The van der Waals surface area contributed by atoms with Crippen molar-refractivity contribution < 1.29 is 33.5 Å². The Morgan fingerprint density at radius 2 is 1.49 bits per heavy atom. The molecule has 0 aromatic carbocycles. The third-order valence-corrected chi connectivity index (χ3v) is 10.1. The van der Waals surface area contributed by atoms with Gasteiger partial charge >= 0.3 is 12.1 Å². The zero-order chi connectivity index (χ0) is 36.0. The van der Waals surface area contributed by atoms with Gasteiger partial charge in [0.15, 0.2) is 0 Å². The number of nitrogens with zero attached hydrogens (tertiary/aromatic N) is 2. The molecule has 13 heteroatoms. The van der Waals surface area contributed by atoms with Gasteiger partial charge in [0, 0.05) is 20.1 Å².